The zero-order chi connectivity index (χ0) is 13.4. The van der Waals surface area contributed by atoms with E-state index in [0.29, 0.717) is 37.7 Å². The number of rotatable bonds is 2. The lowest BCUT2D eigenvalue weighted by Gasteiger charge is -2.35. The summed E-state index contributed by atoms with van der Waals surface area (Å²) in [6.45, 7) is 2.16. The highest BCUT2D eigenvalue weighted by Gasteiger charge is 2.34. The van der Waals surface area contributed by atoms with Gasteiger partial charge < -0.3 is 20.1 Å². The van der Waals surface area contributed by atoms with Gasteiger partial charge in [-0.15, -0.1) is 0 Å². The SMILES string of the molecule is O=C(O)c1cccc2c1OCCN2C(=O)C1CNC1. The van der Waals surface area contributed by atoms with Crippen molar-refractivity contribution in [1.82, 2.24) is 5.32 Å². The van der Waals surface area contributed by atoms with Crippen LogP contribution in [0.3, 0.4) is 0 Å². The zero-order valence-electron chi connectivity index (χ0n) is 10.3. The van der Waals surface area contributed by atoms with Crippen LogP contribution in [-0.4, -0.2) is 43.2 Å². The van der Waals surface area contributed by atoms with Gasteiger partial charge in [0, 0.05) is 13.1 Å². The van der Waals surface area contributed by atoms with Crippen molar-refractivity contribution in [2.24, 2.45) is 5.92 Å². The number of amides is 1. The van der Waals surface area contributed by atoms with Gasteiger partial charge in [0.25, 0.3) is 0 Å². The molecule has 2 N–H and O–H groups in total. The summed E-state index contributed by atoms with van der Waals surface area (Å²) in [5, 5.41) is 12.2. The van der Waals surface area contributed by atoms with Crippen molar-refractivity contribution in [2.45, 2.75) is 0 Å². The number of ether oxygens (including phenoxy) is 1. The Morgan fingerprint density at radius 3 is 2.79 bits per heavy atom. The summed E-state index contributed by atoms with van der Waals surface area (Å²) in [6, 6.07) is 4.85. The highest BCUT2D eigenvalue weighted by atomic mass is 16.5. The molecule has 0 radical (unpaired) electrons. The Hall–Kier alpha value is -2.08. The second-order valence-electron chi connectivity index (χ2n) is 4.65. The Morgan fingerprint density at radius 1 is 1.37 bits per heavy atom. The molecule has 1 fully saturated rings. The van der Waals surface area contributed by atoms with Crippen molar-refractivity contribution in [3.63, 3.8) is 0 Å². The van der Waals surface area contributed by atoms with Gasteiger partial charge in [0.05, 0.1) is 18.2 Å². The normalized spacial score (nSPS) is 18.2. The summed E-state index contributed by atoms with van der Waals surface area (Å²) in [5.74, 6) is -0.733. The number of aromatic carboxylic acids is 1. The predicted octanol–water partition coefficient (Wildman–Crippen LogP) is 0.330. The number of carbonyl (C=O) groups excluding carboxylic acids is 1. The molecule has 0 unspecified atom stereocenters. The van der Waals surface area contributed by atoms with Crippen LogP contribution in [0.25, 0.3) is 0 Å². The molecule has 0 aliphatic carbocycles. The molecule has 0 bridgehead atoms. The average molecular weight is 262 g/mol. The van der Waals surface area contributed by atoms with Gasteiger partial charge in [-0.1, -0.05) is 6.07 Å². The molecule has 1 aromatic rings. The van der Waals surface area contributed by atoms with E-state index in [1.807, 2.05) is 0 Å². The van der Waals surface area contributed by atoms with Gasteiger partial charge in [-0.2, -0.15) is 0 Å². The number of nitrogens with zero attached hydrogens (tertiary/aromatic N) is 1. The molecule has 100 valence electrons. The topological polar surface area (TPSA) is 78.9 Å². The second-order valence-corrected chi connectivity index (χ2v) is 4.65. The maximum atomic E-state index is 12.3. The minimum absolute atomic E-state index is 0.0144. The van der Waals surface area contributed by atoms with E-state index in [0.717, 1.165) is 0 Å². The molecule has 1 saturated heterocycles. The second kappa shape index (κ2) is 4.55. The van der Waals surface area contributed by atoms with Gasteiger partial charge in [-0.05, 0) is 12.1 Å². The number of para-hydroxylation sites is 1. The Bertz CT molecular complexity index is 539. The van der Waals surface area contributed by atoms with Gasteiger partial charge in [0.2, 0.25) is 5.91 Å². The van der Waals surface area contributed by atoms with Crippen LogP contribution in [0.5, 0.6) is 5.75 Å². The summed E-state index contributed by atoms with van der Waals surface area (Å²) in [6.07, 6.45) is 0. The minimum atomic E-state index is -1.04. The Kier molecular flexibility index (Phi) is 2.87. The number of hydrogen-bond donors (Lipinski definition) is 2. The fourth-order valence-corrected chi connectivity index (χ4v) is 2.33. The lowest BCUT2D eigenvalue weighted by atomic mass is 10.0. The fourth-order valence-electron chi connectivity index (χ4n) is 2.33. The van der Waals surface area contributed by atoms with Crippen LogP contribution in [-0.2, 0) is 4.79 Å². The highest BCUT2D eigenvalue weighted by molar-refractivity contribution is 6.01. The lowest BCUT2D eigenvalue weighted by molar-refractivity contribution is -0.124. The molecule has 0 saturated carbocycles. The van der Waals surface area contributed by atoms with E-state index in [-0.39, 0.29) is 17.4 Å². The third-order valence-electron chi connectivity index (χ3n) is 3.47. The first-order valence-corrected chi connectivity index (χ1v) is 6.19. The third-order valence-corrected chi connectivity index (χ3v) is 3.47. The molecule has 1 aromatic carbocycles. The van der Waals surface area contributed by atoms with E-state index >= 15 is 0 Å². The highest BCUT2D eigenvalue weighted by Crippen LogP contribution is 2.35. The standard InChI is InChI=1S/C13H14N2O4/c16-12(8-6-14-7-8)15-4-5-19-11-9(13(17)18)2-1-3-10(11)15/h1-3,8,14H,4-7H2,(H,17,18). The molecule has 0 spiro atoms. The van der Waals surface area contributed by atoms with Gasteiger partial charge in [-0.3, -0.25) is 4.79 Å². The number of benzene rings is 1. The molecule has 6 heteroatoms. The number of carboxylic acids is 1. The number of nitrogens with one attached hydrogen (secondary N) is 1. The summed E-state index contributed by atoms with van der Waals surface area (Å²) in [5.41, 5.74) is 0.657. The van der Waals surface area contributed by atoms with E-state index in [1.165, 1.54) is 6.07 Å². The van der Waals surface area contributed by atoms with Crippen molar-refractivity contribution in [3.8, 4) is 5.75 Å². The molecule has 2 aliphatic rings. The molecule has 2 heterocycles. The zero-order valence-corrected chi connectivity index (χ0v) is 10.3. The summed E-state index contributed by atoms with van der Waals surface area (Å²) < 4.78 is 5.44. The average Bonchev–Trinajstić information content (AvgIpc) is 2.35. The monoisotopic (exact) mass is 262 g/mol. The molecule has 0 aromatic heterocycles. The van der Waals surface area contributed by atoms with E-state index < -0.39 is 5.97 Å². The first-order valence-electron chi connectivity index (χ1n) is 6.19. The number of carboxylic acid groups (broad SMARTS) is 1. The first kappa shape index (κ1) is 12.0. The third kappa shape index (κ3) is 1.94. The minimum Gasteiger partial charge on any atom is -0.489 e. The van der Waals surface area contributed by atoms with E-state index in [4.69, 9.17) is 9.84 Å². The summed E-state index contributed by atoms with van der Waals surface area (Å²) >= 11 is 0. The van der Waals surface area contributed by atoms with Gasteiger partial charge in [-0.25, -0.2) is 4.79 Å². The number of hydrogen-bond acceptors (Lipinski definition) is 4. The van der Waals surface area contributed by atoms with Crippen LogP contribution >= 0.6 is 0 Å². The van der Waals surface area contributed by atoms with Crippen LogP contribution in [0, 0.1) is 5.92 Å². The summed E-state index contributed by atoms with van der Waals surface area (Å²) in [7, 11) is 0. The van der Waals surface area contributed by atoms with Crippen LogP contribution in [0.2, 0.25) is 0 Å². The van der Waals surface area contributed by atoms with Crippen molar-refractivity contribution in [3.05, 3.63) is 23.8 Å². The lowest BCUT2D eigenvalue weighted by Crippen LogP contribution is -2.53. The number of anilines is 1. The van der Waals surface area contributed by atoms with Crippen molar-refractivity contribution in [2.75, 3.05) is 31.1 Å². The first-order chi connectivity index (χ1) is 9.18. The fraction of sp³-hybridized carbons (Fsp3) is 0.385. The van der Waals surface area contributed by atoms with E-state index in [1.54, 1.807) is 17.0 Å². The van der Waals surface area contributed by atoms with Gasteiger partial charge in [0.15, 0.2) is 5.75 Å². The molecule has 0 atom stereocenters. The van der Waals surface area contributed by atoms with Crippen LogP contribution < -0.4 is 15.0 Å². The van der Waals surface area contributed by atoms with Crippen molar-refractivity contribution < 1.29 is 19.4 Å². The molecule has 3 rings (SSSR count). The van der Waals surface area contributed by atoms with Gasteiger partial charge in [0.1, 0.15) is 12.2 Å². The largest absolute Gasteiger partial charge is 0.489 e. The quantitative estimate of drug-likeness (QED) is 0.803. The van der Waals surface area contributed by atoms with Crippen LogP contribution in [0.4, 0.5) is 5.69 Å². The van der Waals surface area contributed by atoms with E-state index in [9.17, 15) is 9.59 Å². The summed E-state index contributed by atoms with van der Waals surface area (Å²) in [4.78, 5) is 25.1. The molecule has 19 heavy (non-hydrogen) atoms. The molecule has 1 amide bonds. The molecule has 6 nitrogen and oxygen atoms in total. The molecule has 2 aliphatic heterocycles. The molecular formula is C13H14N2O4. The van der Waals surface area contributed by atoms with Gasteiger partial charge >= 0.3 is 5.97 Å². The smallest absolute Gasteiger partial charge is 0.339 e. The predicted molar refractivity (Wildman–Crippen MR) is 67.6 cm³/mol. The Labute approximate surface area is 110 Å². The maximum absolute atomic E-state index is 12.3. The molecular weight excluding hydrogens is 248 g/mol. The van der Waals surface area contributed by atoms with E-state index in [2.05, 4.69) is 5.32 Å². The maximum Gasteiger partial charge on any atom is 0.339 e. The van der Waals surface area contributed by atoms with Crippen molar-refractivity contribution >= 4 is 17.6 Å². The van der Waals surface area contributed by atoms with Crippen LogP contribution in [0.15, 0.2) is 18.2 Å². The number of fused-ring (bicyclic) bond motifs is 1. The number of carbonyl (C=O) groups is 2. The van der Waals surface area contributed by atoms with Crippen molar-refractivity contribution in [1.29, 1.82) is 0 Å². The Balaban J connectivity index is 1.97. The Morgan fingerprint density at radius 2 is 2.16 bits per heavy atom. The van der Waals surface area contributed by atoms with Crippen LogP contribution in [0.1, 0.15) is 10.4 Å².